The lowest BCUT2D eigenvalue weighted by Gasteiger charge is -2.27. The first kappa shape index (κ1) is 22.1. The first-order valence-corrected chi connectivity index (χ1v) is 10.7. The summed E-state index contributed by atoms with van der Waals surface area (Å²) in [6.45, 7) is 8.77. The number of carbonyl (C=O) groups excluding carboxylic acids is 2. The Kier molecular flexibility index (Phi) is 7.30. The number of rotatable bonds is 8. The van der Waals surface area contributed by atoms with Crippen molar-refractivity contribution in [2.45, 2.75) is 20.4 Å². The van der Waals surface area contributed by atoms with Crippen LogP contribution < -0.4 is 21.5 Å². The fraction of sp³-hybridized carbons (Fsp3) is 0.429. The van der Waals surface area contributed by atoms with Crippen molar-refractivity contribution in [1.29, 1.82) is 0 Å². The summed E-state index contributed by atoms with van der Waals surface area (Å²) in [5, 5.41) is 2.83. The maximum atomic E-state index is 11.8. The number of primary amides is 2. The zero-order valence-electron chi connectivity index (χ0n) is 17.3. The molecule has 5 N–H and O–H groups in total. The number of ether oxygens (including phenoxy) is 2. The number of hydrogen-bond acceptors (Lipinski definition) is 6. The monoisotopic (exact) mass is 432 g/mol. The van der Waals surface area contributed by atoms with Crippen molar-refractivity contribution >= 4 is 28.3 Å². The van der Waals surface area contributed by atoms with E-state index in [-0.39, 0.29) is 5.56 Å². The normalized spacial score (nSPS) is 14.6. The number of thiophene rings is 1. The Hall–Kier alpha value is -2.62. The third-order valence-electron chi connectivity index (χ3n) is 4.65. The predicted molar refractivity (Wildman–Crippen MR) is 118 cm³/mol. The molecule has 0 bridgehead atoms. The number of amides is 3. The van der Waals surface area contributed by atoms with E-state index in [4.69, 9.17) is 20.9 Å². The van der Waals surface area contributed by atoms with Crippen LogP contribution in [-0.4, -0.2) is 49.7 Å². The number of nitrogens with zero attached hydrogens (tertiary/aromatic N) is 1. The Morgan fingerprint density at radius 3 is 2.60 bits per heavy atom. The summed E-state index contributed by atoms with van der Waals surface area (Å²) in [4.78, 5) is 26.2. The van der Waals surface area contributed by atoms with Crippen LogP contribution in [0.3, 0.4) is 0 Å². The molecular formula is C21H28N4O4S. The molecule has 0 unspecified atom stereocenters. The average molecular weight is 433 g/mol. The van der Waals surface area contributed by atoms with Crippen molar-refractivity contribution in [3.8, 4) is 16.2 Å². The summed E-state index contributed by atoms with van der Waals surface area (Å²) in [6.07, 6.45) is 0. The fourth-order valence-electron chi connectivity index (χ4n) is 3.17. The quantitative estimate of drug-likeness (QED) is 0.592. The van der Waals surface area contributed by atoms with E-state index in [1.807, 2.05) is 12.1 Å². The largest absolute Gasteiger partial charge is 0.493 e. The Labute approximate surface area is 180 Å². The zero-order valence-corrected chi connectivity index (χ0v) is 18.1. The van der Waals surface area contributed by atoms with Gasteiger partial charge < -0.3 is 20.9 Å². The van der Waals surface area contributed by atoms with Crippen LogP contribution in [-0.2, 0) is 11.3 Å². The molecule has 1 fully saturated rings. The van der Waals surface area contributed by atoms with Gasteiger partial charge in [0.25, 0.3) is 5.91 Å². The highest BCUT2D eigenvalue weighted by Gasteiger charge is 2.19. The molecule has 30 heavy (non-hydrogen) atoms. The highest BCUT2D eigenvalue weighted by atomic mass is 32.1. The van der Waals surface area contributed by atoms with Gasteiger partial charge in [0, 0.05) is 30.1 Å². The van der Waals surface area contributed by atoms with Crippen LogP contribution in [0, 0.1) is 5.92 Å². The van der Waals surface area contributed by atoms with E-state index >= 15 is 0 Å². The van der Waals surface area contributed by atoms with E-state index in [0.29, 0.717) is 17.5 Å². The smallest absolute Gasteiger partial charge is 0.317 e. The molecule has 9 heteroatoms. The molecule has 2 aromatic rings. The van der Waals surface area contributed by atoms with Crippen LogP contribution in [0.2, 0.25) is 0 Å². The fourth-order valence-corrected chi connectivity index (χ4v) is 4.24. The van der Waals surface area contributed by atoms with Crippen molar-refractivity contribution in [1.82, 2.24) is 4.90 Å². The molecule has 8 nitrogen and oxygen atoms in total. The minimum Gasteiger partial charge on any atom is -0.493 e. The molecule has 2 heterocycles. The van der Waals surface area contributed by atoms with E-state index in [2.05, 4.69) is 30.1 Å². The number of morpholine rings is 1. The van der Waals surface area contributed by atoms with Gasteiger partial charge in [-0.3, -0.25) is 15.0 Å². The number of carbonyl (C=O) groups is 2. The summed E-state index contributed by atoms with van der Waals surface area (Å²) in [6, 6.07) is 6.91. The third-order valence-corrected chi connectivity index (χ3v) is 5.75. The van der Waals surface area contributed by atoms with Gasteiger partial charge in [-0.2, -0.15) is 0 Å². The van der Waals surface area contributed by atoms with Crippen molar-refractivity contribution in [2.24, 2.45) is 17.4 Å². The summed E-state index contributed by atoms with van der Waals surface area (Å²) in [5.74, 6) is 0.645. The molecule has 3 rings (SSSR count). The van der Waals surface area contributed by atoms with Gasteiger partial charge in [-0.15, -0.1) is 11.3 Å². The molecule has 0 radical (unpaired) electrons. The second-order valence-electron chi connectivity index (χ2n) is 7.62. The molecule has 0 spiro atoms. The van der Waals surface area contributed by atoms with Gasteiger partial charge in [0.15, 0.2) is 0 Å². The molecule has 1 aromatic carbocycles. The molecule has 0 atom stereocenters. The van der Waals surface area contributed by atoms with Gasteiger partial charge >= 0.3 is 6.03 Å². The summed E-state index contributed by atoms with van der Waals surface area (Å²) >= 11 is 1.26. The average Bonchev–Trinajstić information content (AvgIpc) is 3.11. The lowest BCUT2D eigenvalue weighted by molar-refractivity contribution is 0.0337. The Bertz CT molecular complexity index is 906. The second-order valence-corrected chi connectivity index (χ2v) is 8.68. The van der Waals surface area contributed by atoms with Crippen LogP contribution in [0.5, 0.6) is 5.75 Å². The third kappa shape index (κ3) is 5.71. The van der Waals surface area contributed by atoms with E-state index in [0.717, 1.165) is 54.6 Å². The molecule has 1 aliphatic rings. The predicted octanol–water partition coefficient (Wildman–Crippen LogP) is 2.87. The number of nitrogens with one attached hydrogen (secondary N) is 1. The van der Waals surface area contributed by atoms with Crippen LogP contribution in [0.4, 0.5) is 9.80 Å². The van der Waals surface area contributed by atoms with Crippen LogP contribution in [0.25, 0.3) is 10.4 Å². The van der Waals surface area contributed by atoms with Gasteiger partial charge in [-0.1, -0.05) is 13.8 Å². The molecule has 1 aromatic heterocycles. The molecule has 1 aliphatic heterocycles. The maximum absolute atomic E-state index is 11.8. The molecule has 0 saturated carbocycles. The number of urea groups is 1. The van der Waals surface area contributed by atoms with E-state index < -0.39 is 11.9 Å². The van der Waals surface area contributed by atoms with Gasteiger partial charge in [0.1, 0.15) is 10.8 Å². The molecule has 0 aliphatic carbocycles. The van der Waals surface area contributed by atoms with E-state index in [1.165, 1.54) is 11.3 Å². The molecule has 162 valence electrons. The van der Waals surface area contributed by atoms with Crippen molar-refractivity contribution in [2.75, 3.05) is 38.2 Å². The van der Waals surface area contributed by atoms with Crippen molar-refractivity contribution < 1.29 is 19.1 Å². The second kappa shape index (κ2) is 9.92. The van der Waals surface area contributed by atoms with Crippen LogP contribution >= 0.6 is 11.3 Å². The zero-order chi connectivity index (χ0) is 21.7. The minimum atomic E-state index is -0.740. The van der Waals surface area contributed by atoms with Crippen LogP contribution in [0.15, 0.2) is 24.3 Å². The highest BCUT2D eigenvalue weighted by Crippen LogP contribution is 2.37. The number of benzene rings is 1. The maximum Gasteiger partial charge on any atom is 0.317 e. The van der Waals surface area contributed by atoms with Gasteiger partial charge in [-0.25, -0.2) is 4.79 Å². The molecule has 1 saturated heterocycles. The standard InChI is InChI=1S/C21H28N4O4S/c1-13(2)12-29-17-4-3-14(9-15(17)11-25-5-7-28-8-6-25)18-10-16(19(22)26)20(30-18)24-21(23)27/h3-4,9-10,13H,5-8,11-12H2,1-2H3,(H2,22,26)(H3,23,24,27). The lowest BCUT2D eigenvalue weighted by Crippen LogP contribution is -2.35. The summed E-state index contributed by atoms with van der Waals surface area (Å²) in [5.41, 5.74) is 12.9. The van der Waals surface area contributed by atoms with Gasteiger partial charge in [-0.05, 0) is 35.7 Å². The Morgan fingerprint density at radius 1 is 1.23 bits per heavy atom. The topological polar surface area (TPSA) is 120 Å². The van der Waals surface area contributed by atoms with Crippen LogP contribution in [0.1, 0.15) is 29.8 Å². The SMILES string of the molecule is CC(C)COc1ccc(-c2cc(C(N)=O)c(NC(N)=O)s2)cc1CN1CCOCC1. The van der Waals surface area contributed by atoms with Crippen molar-refractivity contribution in [3.05, 3.63) is 35.4 Å². The molecular weight excluding hydrogens is 404 g/mol. The number of hydrogen-bond donors (Lipinski definition) is 3. The highest BCUT2D eigenvalue weighted by molar-refractivity contribution is 7.20. The minimum absolute atomic E-state index is 0.240. The van der Waals surface area contributed by atoms with E-state index in [1.54, 1.807) is 6.07 Å². The van der Waals surface area contributed by atoms with Crippen molar-refractivity contribution in [3.63, 3.8) is 0 Å². The van der Waals surface area contributed by atoms with E-state index in [9.17, 15) is 9.59 Å². The number of nitrogens with two attached hydrogens (primary N) is 2. The first-order chi connectivity index (χ1) is 14.3. The van der Waals surface area contributed by atoms with Gasteiger partial charge in [0.2, 0.25) is 0 Å². The van der Waals surface area contributed by atoms with Gasteiger partial charge in [0.05, 0.1) is 25.4 Å². The summed E-state index contributed by atoms with van der Waals surface area (Å²) < 4.78 is 11.5. The molecule has 3 amide bonds. The Balaban J connectivity index is 1.93. The number of anilines is 1. The lowest BCUT2D eigenvalue weighted by atomic mass is 10.1. The summed E-state index contributed by atoms with van der Waals surface area (Å²) in [7, 11) is 0. The Morgan fingerprint density at radius 2 is 1.97 bits per heavy atom. The first-order valence-electron chi connectivity index (χ1n) is 9.89.